The third-order valence-electron chi connectivity index (χ3n) is 2.27. The molecule has 0 amide bonds. The second-order valence-corrected chi connectivity index (χ2v) is 3.68. The van der Waals surface area contributed by atoms with Gasteiger partial charge in [-0.1, -0.05) is 26.2 Å². The van der Waals surface area contributed by atoms with E-state index in [0.717, 1.165) is 17.9 Å². The second kappa shape index (κ2) is 6.41. The minimum absolute atomic E-state index is 1.06. The first-order valence-corrected chi connectivity index (χ1v) is 5.49. The van der Waals surface area contributed by atoms with Gasteiger partial charge in [-0.15, -0.1) is 0 Å². The van der Waals surface area contributed by atoms with Gasteiger partial charge in [-0.3, -0.25) is 4.98 Å². The van der Waals surface area contributed by atoms with Gasteiger partial charge in [-0.05, 0) is 25.5 Å². The molecule has 0 saturated heterocycles. The number of nitrogens with zero attached hydrogens (tertiary/aromatic N) is 1. The lowest BCUT2D eigenvalue weighted by Gasteiger charge is -2.05. The van der Waals surface area contributed by atoms with Crippen LogP contribution in [0.4, 0.5) is 5.69 Å². The van der Waals surface area contributed by atoms with E-state index in [1.165, 1.54) is 25.7 Å². The Balaban J connectivity index is 2.15. The summed E-state index contributed by atoms with van der Waals surface area (Å²) in [6.07, 6.45) is 7.11. The monoisotopic (exact) mass is 192 g/mol. The van der Waals surface area contributed by atoms with E-state index in [-0.39, 0.29) is 0 Å². The fraction of sp³-hybridized carbons (Fsp3) is 0.583. The molecule has 0 aromatic carbocycles. The Kier molecular flexibility index (Phi) is 5.05. The van der Waals surface area contributed by atoms with Gasteiger partial charge >= 0.3 is 0 Å². The summed E-state index contributed by atoms with van der Waals surface area (Å²) in [6, 6.07) is 4.12. The Morgan fingerprint density at radius 2 is 2.07 bits per heavy atom. The molecule has 0 unspecified atom stereocenters. The van der Waals surface area contributed by atoms with Crippen LogP contribution < -0.4 is 5.32 Å². The van der Waals surface area contributed by atoms with Gasteiger partial charge in [0.2, 0.25) is 0 Å². The van der Waals surface area contributed by atoms with Gasteiger partial charge in [0.1, 0.15) is 0 Å². The quantitative estimate of drug-likeness (QED) is 0.699. The molecule has 0 atom stereocenters. The van der Waals surface area contributed by atoms with Crippen LogP contribution in [0.3, 0.4) is 0 Å². The van der Waals surface area contributed by atoms with Gasteiger partial charge in [0.15, 0.2) is 0 Å². The molecule has 1 aromatic rings. The summed E-state index contributed by atoms with van der Waals surface area (Å²) < 4.78 is 0. The highest BCUT2D eigenvalue weighted by Gasteiger charge is 1.91. The van der Waals surface area contributed by atoms with Crippen LogP contribution in [-0.2, 0) is 0 Å². The Bertz CT molecular complexity index is 241. The first-order valence-electron chi connectivity index (χ1n) is 5.49. The molecule has 0 aliphatic rings. The maximum Gasteiger partial charge on any atom is 0.0526 e. The van der Waals surface area contributed by atoms with Crippen LogP contribution in [0.2, 0.25) is 0 Å². The highest BCUT2D eigenvalue weighted by molar-refractivity contribution is 5.40. The average Bonchev–Trinajstić information content (AvgIpc) is 2.21. The van der Waals surface area contributed by atoms with Crippen molar-refractivity contribution >= 4 is 5.69 Å². The van der Waals surface area contributed by atoms with Crippen molar-refractivity contribution < 1.29 is 0 Å². The first kappa shape index (κ1) is 11.0. The van der Waals surface area contributed by atoms with Crippen LogP contribution in [0.1, 0.15) is 38.3 Å². The van der Waals surface area contributed by atoms with E-state index < -0.39 is 0 Å². The van der Waals surface area contributed by atoms with Gasteiger partial charge in [-0.25, -0.2) is 0 Å². The molecule has 0 aliphatic heterocycles. The average molecular weight is 192 g/mol. The van der Waals surface area contributed by atoms with Crippen molar-refractivity contribution in [3.8, 4) is 0 Å². The first-order chi connectivity index (χ1) is 6.83. The largest absolute Gasteiger partial charge is 0.384 e. The molecule has 1 aromatic heterocycles. The normalized spacial score (nSPS) is 10.1. The van der Waals surface area contributed by atoms with Crippen molar-refractivity contribution in [1.82, 2.24) is 4.98 Å². The van der Waals surface area contributed by atoms with Crippen LogP contribution in [0.25, 0.3) is 0 Å². The van der Waals surface area contributed by atoms with Crippen LogP contribution >= 0.6 is 0 Å². The van der Waals surface area contributed by atoms with Crippen LogP contribution in [0, 0.1) is 6.92 Å². The fourth-order valence-corrected chi connectivity index (χ4v) is 1.36. The van der Waals surface area contributed by atoms with Crippen molar-refractivity contribution in [3.05, 3.63) is 24.0 Å². The predicted molar refractivity (Wildman–Crippen MR) is 61.6 cm³/mol. The summed E-state index contributed by atoms with van der Waals surface area (Å²) in [5, 5.41) is 3.37. The lowest BCUT2D eigenvalue weighted by Crippen LogP contribution is -2.01. The number of hydrogen-bond donors (Lipinski definition) is 1. The van der Waals surface area contributed by atoms with Gasteiger partial charge in [0.25, 0.3) is 0 Å². The number of anilines is 1. The summed E-state index contributed by atoms with van der Waals surface area (Å²) in [5.74, 6) is 0. The van der Waals surface area contributed by atoms with Crippen molar-refractivity contribution in [3.63, 3.8) is 0 Å². The van der Waals surface area contributed by atoms with E-state index in [4.69, 9.17) is 0 Å². The maximum atomic E-state index is 4.23. The van der Waals surface area contributed by atoms with Gasteiger partial charge in [0.05, 0.1) is 11.9 Å². The van der Waals surface area contributed by atoms with Crippen LogP contribution in [0.5, 0.6) is 0 Å². The second-order valence-electron chi connectivity index (χ2n) is 3.68. The van der Waals surface area contributed by atoms with E-state index in [1.54, 1.807) is 0 Å². The lowest BCUT2D eigenvalue weighted by atomic mass is 10.2. The molecular formula is C12H20N2. The third-order valence-corrected chi connectivity index (χ3v) is 2.27. The van der Waals surface area contributed by atoms with Crippen molar-refractivity contribution in [2.45, 2.75) is 39.5 Å². The molecule has 78 valence electrons. The molecule has 14 heavy (non-hydrogen) atoms. The van der Waals surface area contributed by atoms with Crippen LogP contribution in [-0.4, -0.2) is 11.5 Å². The number of hydrogen-bond acceptors (Lipinski definition) is 2. The Hall–Kier alpha value is -1.05. The van der Waals surface area contributed by atoms with E-state index in [0.29, 0.717) is 0 Å². The number of pyridine rings is 1. The Labute approximate surface area is 86.8 Å². The maximum absolute atomic E-state index is 4.23. The van der Waals surface area contributed by atoms with Gasteiger partial charge in [0, 0.05) is 12.2 Å². The number of aryl methyl sites for hydroxylation is 1. The molecule has 1 heterocycles. The van der Waals surface area contributed by atoms with Crippen molar-refractivity contribution in [1.29, 1.82) is 0 Å². The molecule has 0 fully saturated rings. The Morgan fingerprint density at radius 1 is 1.21 bits per heavy atom. The lowest BCUT2D eigenvalue weighted by molar-refractivity contribution is 0.685. The topological polar surface area (TPSA) is 24.9 Å². The molecule has 0 radical (unpaired) electrons. The standard InChI is InChI=1S/C12H20N2/c1-3-4-5-6-9-13-12-8-7-11(2)14-10-12/h7-8,10,13H,3-6,9H2,1-2H3. The number of aromatic nitrogens is 1. The van der Waals surface area contributed by atoms with Crippen LogP contribution in [0.15, 0.2) is 18.3 Å². The van der Waals surface area contributed by atoms with Gasteiger partial charge < -0.3 is 5.32 Å². The SMILES string of the molecule is CCCCCCNc1ccc(C)nc1. The molecule has 1 rings (SSSR count). The van der Waals surface area contributed by atoms with E-state index >= 15 is 0 Å². The number of rotatable bonds is 6. The zero-order chi connectivity index (χ0) is 10.2. The smallest absolute Gasteiger partial charge is 0.0526 e. The molecular weight excluding hydrogens is 172 g/mol. The zero-order valence-corrected chi connectivity index (χ0v) is 9.21. The fourth-order valence-electron chi connectivity index (χ4n) is 1.36. The number of nitrogens with one attached hydrogen (secondary N) is 1. The molecule has 0 spiro atoms. The predicted octanol–water partition coefficient (Wildman–Crippen LogP) is 3.38. The molecule has 2 nitrogen and oxygen atoms in total. The van der Waals surface area contributed by atoms with E-state index in [9.17, 15) is 0 Å². The third kappa shape index (κ3) is 4.26. The van der Waals surface area contributed by atoms with Gasteiger partial charge in [-0.2, -0.15) is 0 Å². The molecule has 0 aliphatic carbocycles. The molecule has 0 bridgehead atoms. The summed E-state index contributed by atoms with van der Waals surface area (Å²) >= 11 is 0. The Morgan fingerprint density at radius 3 is 2.71 bits per heavy atom. The minimum Gasteiger partial charge on any atom is -0.384 e. The highest BCUT2D eigenvalue weighted by atomic mass is 14.9. The highest BCUT2D eigenvalue weighted by Crippen LogP contribution is 2.06. The van der Waals surface area contributed by atoms with E-state index in [1.807, 2.05) is 19.2 Å². The van der Waals surface area contributed by atoms with E-state index in [2.05, 4.69) is 23.3 Å². The van der Waals surface area contributed by atoms with Crippen molar-refractivity contribution in [2.75, 3.05) is 11.9 Å². The molecule has 1 N–H and O–H groups in total. The summed E-state index contributed by atoms with van der Waals surface area (Å²) in [5.41, 5.74) is 2.20. The van der Waals surface area contributed by atoms with Crippen molar-refractivity contribution in [2.24, 2.45) is 0 Å². The summed E-state index contributed by atoms with van der Waals surface area (Å²) in [7, 11) is 0. The summed E-state index contributed by atoms with van der Waals surface area (Å²) in [6.45, 7) is 5.30. The molecule has 0 saturated carbocycles. The minimum atomic E-state index is 1.06. The number of unbranched alkanes of at least 4 members (excludes halogenated alkanes) is 3. The molecule has 2 heteroatoms. The summed E-state index contributed by atoms with van der Waals surface area (Å²) in [4.78, 5) is 4.23. The zero-order valence-electron chi connectivity index (χ0n) is 9.21.